The van der Waals surface area contributed by atoms with Crippen LogP contribution in [0.4, 0.5) is 0 Å². The van der Waals surface area contributed by atoms with Gasteiger partial charge in [-0.05, 0) is 23.3 Å². The van der Waals surface area contributed by atoms with Gasteiger partial charge in [-0.1, -0.05) is 72.8 Å². The molecule has 2 amide bonds. The van der Waals surface area contributed by atoms with Gasteiger partial charge < -0.3 is 4.74 Å². The van der Waals surface area contributed by atoms with Crippen LogP contribution in [-0.2, 0) is 14.3 Å². The van der Waals surface area contributed by atoms with E-state index in [0.717, 1.165) is 11.1 Å². The Hall–Kier alpha value is -4.26. The van der Waals surface area contributed by atoms with Crippen molar-refractivity contribution in [2.45, 2.75) is 12.8 Å². The Morgan fingerprint density at radius 2 is 1.22 bits per heavy atom. The summed E-state index contributed by atoms with van der Waals surface area (Å²) in [5, 5.41) is 0. The molecule has 7 heteroatoms. The van der Waals surface area contributed by atoms with Crippen molar-refractivity contribution in [2.24, 2.45) is 0 Å². The Labute approximate surface area is 185 Å². The number of ketones is 1. The van der Waals surface area contributed by atoms with Gasteiger partial charge in [0.25, 0.3) is 5.91 Å². The molecule has 0 bridgehead atoms. The molecule has 7 nitrogen and oxygen atoms in total. The molecule has 2 N–H and O–H groups in total. The molecule has 3 aromatic carbocycles. The monoisotopic (exact) mass is 430 g/mol. The topological polar surface area (TPSA) is 102 Å². The number of Topliss-reactive ketones (excluding diaryl/α,β-unsaturated/α-hetero) is 1. The van der Waals surface area contributed by atoms with Crippen LogP contribution in [0.5, 0.6) is 0 Å². The van der Waals surface area contributed by atoms with Gasteiger partial charge in [-0.15, -0.1) is 0 Å². The molecule has 3 rings (SSSR count). The number of nitrogens with one attached hydrogen (secondary N) is 2. The SMILES string of the molecule is O=C(CCC(=O)OCC(=O)c1ccc(-c2ccccc2)cc1)NNC(=O)c1ccccc1. The number of ether oxygens (including phenoxy) is 1. The minimum absolute atomic E-state index is 0.187. The number of hydrogen-bond donors (Lipinski definition) is 2. The maximum Gasteiger partial charge on any atom is 0.306 e. The predicted molar refractivity (Wildman–Crippen MR) is 118 cm³/mol. The minimum atomic E-state index is -0.677. The summed E-state index contributed by atoms with van der Waals surface area (Å²) < 4.78 is 4.96. The Balaban J connectivity index is 1.37. The Bertz CT molecular complexity index is 1080. The fourth-order valence-electron chi connectivity index (χ4n) is 2.85. The van der Waals surface area contributed by atoms with Gasteiger partial charge in [0.05, 0.1) is 6.42 Å². The van der Waals surface area contributed by atoms with Gasteiger partial charge in [-0.3, -0.25) is 30.0 Å². The lowest BCUT2D eigenvalue weighted by atomic mass is 10.0. The van der Waals surface area contributed by atoms with Gasteiger partial charge in [0.1, 0.15) is 0 Å². The highest BCUT2D eigenvalue weighted by Gasteiger charge is 2.13. The summed E-state index contributed by atoms with van der Waals surface area (Å²) in [5.41, 5.74) is 7.33. The summed E-state index contributed by atoms with van der Waals surface area (Å²) in [5.74, 6) is -2.03. The van der Waals surface area contributed by atoms with E-state index in [2.05, 4.69) is 10.9 Å². The van der Waals surface area contributed by atoms with Crippen molar-refractivity contribution in [3.63, 3.8) is 0 Å². The molecule has 0 radical (unpaired) electrons. The van der Waals surface area contributed by atoms with Crippen LogP contribution in [0.15, 0.2) is 84.9 Å². The van der Waals surface area contributed by atoms with E-state index in [1.807, 2.05) is 42.5 Å². The maximum atomic E-state index is 12.2. The van der Waals surface area contributed by atoms with Gasteiger partial charge in [0.2, 0.25) is 5.91 Å². The average molecular weight is 430 g/mol. The van der Waals surface area contributed by atoms with Gasteiger partial charge in [-0.25, -0.2) is 0 Å². The van der Waals surface area contributed by atoms with Gasteiger partial charge >= 0.3 is 5.97 Å². The van der Waals surface area contributed by atoms with E-state index in [9.17, 15) is 19.2 Å². The summed E-state index contributed by atoms with van der Waals surface area (Å²) in [4.78, 5) is 47.7. The predicted octanol–water partition coefficient (Wildman–Crippen LogP) is 3.32. The number of benzene rings is 3. The Morgan fingerprint density at radius 3 is 1.88 bits per heavy atom. The van der Waals surface area contributed by atoms with Crippen molar-refractivity contribution in [3.05, 3.63) is 96.1 Å². The van der Waals surface area contributed by atoms with Gasteiger partial charge in [0, 0.05) is 17.5 Å². The molecule has 0 heterocycles. The van der Waals surface area contributed by atoms with E-state index < -0.39 is 24.4 Å². The molecule has 162 valence electrons. The van der Waals surface area contributed by atoms with Crippen LogP contribution in [0.2, 0.25) is 0 Å². The molecule has 0 saturated heterocycles. The van der Waals surface area contributed by atoms with Crippen molar-refractivity contribution in [1.82, 2.24) is 10.9 Å². The first-order chi connectivity index (χ1) is 15.5. The molecule has 0 aliphatic carbocycles. The first kappa shape index (κ1) is 22.4. The van der Waals surface area contributed by atoms with E-state index in [1.165, 1.54) is 0 Å². The molecule has 0 fully saturated rings. The second kappa shape index (κ2) is 11.2. The lowest BCUT2D eigenvalue weighted by Gasteiger charge is -2.08. The molecule has 0 saturated carbocycles. The molecule has 0 aliphatic rings. The van der Waals surface area contributed by atoms with Crippen molar-refractivity contribution < 1.29 is 23.9 Å². The summed E-state index contributed by atoms with van der Waals surface area (Å²) >= 11 is 0. The third kappa shape index (κ3) is 6.63. The van der Waals surface area contributed by atoms with Crippen LogP contribution in [0.25, 0.3) is 11.1 Å². The van der Waals surface area contributed by atoms with Crippen LogP contribution >= 0.6 is 0 Å². The van der Waals surface area contributed by atoms with Crippen molar-refractivity contribution >= 4 is 23.6 Å². The zero-order valence-electron chi connectivity index (χ0n) is 17.2. The fraction of sp³-hybridized carbons (Fsp3) is 0.120. The lowest BCUT2D eigenvalue weighted by Crippen LogP contribution is -2.41. The number of esters is 1. The van der Waals surface area contributed by atoms with Crippen molar-refractivity contribution in [1.29, 1.82) is 0 Å². The third-order valence-electron chi connectivity index (χ3n) is 4.59. The zero-order chi connectivity index (χ0) is 22.8. The van der Waals surface area contributed by atoms with Gasteiger partial charge in [0.15, 0.2) is 12.4 Å². The van der Waals surface area contributed by atoms with Crippen molar-refractivity contribution in [3.8, 4) is 11.1 Å². The van der Waals surface area contributed by atoms with E-state index in [1.54, 1.807) is 42.5 Å². The Morgan fingerprint density at radius 1 is 0.625 bits per heavy atom. The van der Waals surface area contributed by atoms with Crippen LogP contribution < -0.4 is 10.9 Å². The number of carbonyl (C=O) groups is 4. The minimum Gasteiger partial charge on any atom is -0.457 e. The molecule has 3 aromatic rings. The second-order valence-electron chi connectivity index (χ2n) is 6.90. The number of amides is 2. The smallest absolute Gasteiger partial charge is 0.306 e. The lowest BCUT2D eigenvalue weighted by molar-refractivity contribution is -0.143. The molecular weight excluding hydrogens is 408 g/mol. The molecule has 0 aliphatic heterocycles. The van der Waals surface area contributed by atoms with E-state index in [-0.39, 0.29) is 18.6 Å². The number of hydrazine groups is 1. The first-order valence-corrected chi connectivity index (χ1v) is 10.0. The van der Waals surface area contributed by atoms with Crippen molar-refractivity contribution in [2.75, 3.05) is 6.61 Å². The van der Waals surface area contributed by atoms with E-state index >= 15 is 0 Å². The third-order valence-corrected chi connectivity index (χ3v) is 4.59. The highest BCUT2D eigenvalue weighted by molar-refractivity contribution is 5.98. The zero-order valence-corrected chi connectivity index (χ0v) is 17.2. The Kier molecular flexibility index (Phi) is 7.86. The normalized spacial score (nSPS) is 10.1. The van der Waals surface area contributed by atoms with Crippen LogP contribution in [0.1, 0.15) is 33.6 Å². The molecular formula is C25H22N2O5. The second-order valence-corrected chi connectivity index (χ2v) is 6.90. The molecule has 0 atom stereocenters. The first-order valence-electron chi connectivity index (χ1n) is 10.0. The summed E-state index contributed by atoms with van der Waals surface area (Å²) in [6.07, 6.45) is -0.402. The van der Waals surface area contributed by atoms with Crippen LogP contribution in [0.3, 0.4) is 0 Å². The standard InChI is InChI=1S/C25H22N2O5/c28-22(20-13-11-19(12-14-20)18-7-3-1-4-8-18)17-32-24(30)16-15-23(29)26-27-25(31)21-9-5-2-6-10-21/h1-14H,15-17H2,(H,26,29)(H,27,31). The van der Waals surface area contributed by atoms with Crippen LogP contribution in [-0.4, -0.2) is 30.2 Å². The molecule has 0 aromatic heterocycles. The number of hydrogen-bond acceptors (Lipinski definition) is 5. The highest BCUT2D eigenvalue weighted by Crippen LogP contribution is 2.19. The van der Waals surface area contributed by atoms with E-state index in [0.29, 0.717) is 11.1 Å². The molecule has 0 spiro atoms. The largest absolute Gasteiger partial charge is 0.457 e. The van der Waals surface area contributed by atoms with E-state index in [4.69, 9.17) is 4.74 Å². The quantitative estimate of drug-likeness (QED) is 0.324. The number of carbonyl (C=O) groups excluding carboxylic acids is 4. The highest BCUT2D eigenvalue weighted by atomic mass is 16.5. The average Bonchev–Trinajstić information content (AvgIpc) is 2.85. The fourth-order valence-corrected chi connectivity index (χ4v) is 2.85. The summed E-state index contributed by atoms with van der Waals surface area (Å²) in [6, 6.07) is 25.2. The molecule has 0 unspecified atom stereocenters. The van der Waals surface area contributed by atoms with Gasteiger partial charge in [-0.2, -0.15) is 0 Å². The summed E-state index contributed by atoms with van der Waals surface area (Å²) in [7, 11) is 0. The number of rotatable bonds is 8. The molecule has 32 heavy (non-hydrogen) atoms. The van der Waals surface area contributed by atoms with Crippen LogP contribution in [0, 0.1) is 0 Å². The summed E-state index contributed by atoms with van der Waals surface area (Å²) in [6.45, 7) is -0.407. The maximum absolute atomic E-state index is 12.2.